The van der Waals surface area contributed by atoms with Crippen LogP contribution in [0.1, 0.15) is 44.3 Å². The van der Waals surface area contributed by atoms with E-state index >= 15 is 0 Å². The average molecular weight is 271 g/mol. The Morgan fingerprint density at radius 1 is 1.33 bits per heavy atom. The zero-order chi connectivity index (χ0) is 10.5. The van der Waals surface area contributed by atoms with Crippen LogP contribution in [0.15, 0.2) is 12.4 Å². The molecule has 1 aromatic heterocycles. The Hall–Kier alpha value is -0.310. The molecule has 1 aromatic rings. The Morgan fingerprint density at radius 2 is 2.07 bits per heavy atom. The lowest BCUT2D eigenvalue weighted by atomic mass is 9.95. The molecule has 1 aliphatic carbocycles. The Balaban J connectivity index is 1.86. The monoisotopic (exact) mass is 270 g/mol. The molecule has 84 valence electrons. The fourth-order valence-corrected chi connectivity index (χ4v) is 3.27. The van der Waals surface area contributed by atoms with Gasteiger partial charge in [-0.2, -0.15) is 0 Å². The zero-order valence-electron chi connectivity index (χ0n) is 9.08. The van der Waals surface area contributed by atoms with Gasteiger partial charge in [0.2, 0.25) is 0 Å². The molecule has 1 aliphatic rings. The molecule has 0 aliphatic heterocycles. The molecule has 1 heterocycles. The van der Waals surface area contributed by atoms with Crippen molar-refractivity contribution < 1.29 is 0 Å². The van der Waals surface area contributed by atoms with Gasteiger partial charge in [-0.25, -0.2) is 4.98 Å². The predicted molar refractivity (Wildman–Crippen MR) is 66.2 cm³/mol. The highest BCUT2D eigenvalue weighted by Gasteiger charge is 2.21. The van der Waals surface area contributed by atoms with Gasteiger partial charge >= 0.3 is 0 Å². The number of aromatic amines is 1. The van der Waals surface area contributed by atoms with Crippen LogP contribution in [-0.2, 0) is 6.42 Å². The summed E-state index contributed by atoms with van der Waals surface area (Å²) in [4.78, 5) is 8.07. The van der Waals surface area contributed by atoms with Crippen LogP contribution in [0, 0.1) is 5.92 Å². The first kappa shape index (κ1) is 11.2. The van der Waals surface area contributed by atoms with E-state index in [1.165, 1.54) is 38.5 Å². The van der Waals surface area contributed by atoms with Crippen LogP contribution in [0.3, 0.4) is 0 Å². The quantitative estimate of drug-likeness (QED) is 0.659. The number of nitrogens with one attached hydrogen (secondary N) is 1. The normalized spacial score (nSPS) is 21.1. The van der Waals surface area contributed by atoms with Crippen molar-refractivity contribution in [2.45, 2.75) is 49.8 Å². The van der Waals surface area contributed by atoms with Gasteiger partial charge in [-0.3, -0.25) is 0 Å². The minimum Gasteiger partial charge on any atom is -0.349 e. The van der Waals surface area contributed by atoms with Gasteiger partial charge in [-0.15, -0.1) is 0 Å². The molecule has 1 fully saturated rings. The molecule has 0 radical (unpaired) electrons. The van der Waals surface area contributed by atoms with Crippen molar-refractivity contribution in [3.63, 3.8) is 0 Å². The van der Waals surface area contributed by atoms with E-state index in [2.05, 4.69) is 25.9 Å². The van der Waals surface area contributed by atoms with Crippen molar-refractivity contribution in [1.29, 1.82) is 0 Å². The minimum absolute atomic E-state index is 0.599. The summed E-state index contributed by atoms with van der Waals surface area (Å²) in [7, 11) is 0. The lowest BCUT2D eigenvalue weighted by molar-refractivity contribution is 0.442. The summed E-state index contributed by atoms with van der Waals surface area (Å²) in [5.74, 6) is 1.96. The average Bonchev–Trinajstić information content (AvgIpc) is 2.58. The summed E-state index contributed by atoms with van der Waals surface area (Å²) in [6.45, 7) is 0. The van der Waals surface area contributed by atoms with E-state index in [0.717, 1.165) is 18.2 Å². The number of hydrogen-bond acceptors (Lipinski definition) is 1. The van der Waals surface area contributed by atoms with E-state index in [-0.39, 0.29) is 0 Å². The molecule has 3 heteroatoms. The summed E-state index contributed by atoms with van der Waals surface area (Å²) in [5.41, 5.74) is 0. The minimum atomic E-state index is 0.599. The molecular formula is C12H19BrN2. The second-order valence-corrected chi connectivity index (χ2v) is 5.68. The molecule has 2 rings (SSSR count). The molecule has 1 saturated carbocycles. The number of halogens is 1. The molecule has 2 nitrogen and oxygen atoms in total. The van der Waals surface area contributed by atoms with Crippen LogP contribution >= 0.6 is 15.9 Å². The SMILES string of the molecule is BrC(Cc1ncc[nH]1)C1CCCCCC1. The van der Waals surface area contributed by atoms with Crippen molar-refractivity contribution in [2.75, 3.05) is 0 Å². The van der Waals surface area contributed by atoms with Gasteiger partial charge in [0.1, 0.15) is 5.82 Å². The number of hydrogen-bond donors (Lipinski definition) is 1. The molecule has 1 N–H and O–H groups in total. The number of H-pyrrole nitrogens is 1. The third-order valence-electron chi connectivity index (χ3n) is 3.35. The van der Waals surface area contributed by atoms with E-state index in [9.17, 15) is 0 Å². The molecular weight excluding hydrogens is 252 g/mol. The standard InChI is InChI=1S/C12H19BrN2/c13-11(9-12-14-7-8-15-12)10-5-3-1-2-4-6-10/h7-8,10-11H,1-6,9H2,(H,14,15). The van der Waals surface area contributed by atoms with Gasteiger partial charge in [-0.05, 0) is 18.8 Å². The molecule has 0 amide bonds. The van der Waals surface area contributed by atoms with Crippen LogP contribution < -0.4 is 0 Å². The highest BCUT2D eigenvalue weighted by Crippen LogP contribution is 2.30. The summed E-state index contributed by atoms with van der Waals surface area (Å²) in [5, 5.41) is 0. The van der Waals surface area contributed by atoms with E-state index in [1.807, 2.05) is 12.4 Å². The van der Waals surface area contributed by atoms with Crippen LogP contribution in [-0.4, -0.2) is 14.8 Å². The van der Waals surface area contributed by atoms with Crippen LogP contribution in [0.5, 0.6) is 0 Å². The molecule has 0 aromatic carbocycles. The highest BCUT2D eigenvalue weighted by molar-refractivity contribution is 9.09. The second-order valence-electron chi connectivity index (χ2n) is 4.51. The Kier molecular flexibility index (Phi) is 4.24. The number of alkyl halides is 1. The van der Waals surface area contributed by atoms with Gasteiger partial charge in [0.15, 0.2) is 0 Å². The van der Waals surface area contributed by atoms with Gasteiger partial charge in [0.25, 0.3) is 0 Å². The smallest absolute Gasteiger partial charge is 0.107 e. The molecule has 0 saturated heterocycles. The topological polar surface area (TPSA) is 28.7 Å². The van der Waals surface area contributed by atoms with Crippen molar-refractivity contribution in [3.8, 4) is 0 Å². The number of imidazole rings is 1. The van der Waals surface area contributed by atoms with Gasteiger partial charge in [0, 0.05) is 23.6 Å². The van der Waals surface area contributed by atoms with E-state index in [0.29, 0.717) is 4.83 Å². The second kappa shape index (κ2) is 5.69. The largest absolute Gasteiger partial charge is 0.349 e. The van der Waals surface area contributed by atoms with Crippen LogP contribution in [0.4, 0.5) is 0 Å². The third-order valence-corrected chi connectivity index (χ3v) is 4.43. The lowest BCUT2D eigenvalue weighted by Gasteiger charge is -2.19. The Bertz CT molecular complexity index is 263. The lowest BCUT2D eigenvalue weighted by Crippen LogP contribution is -2.17. The maximum Gasteiger partial charge on any atom is 0.107 e. The van der Waals surface area contributed by atoms with Crippen LogP contribution in [0.2, 0.25) is 0 Å². The Labute approximate surface area is 100 Å². The maximum absolute atomic E-state index is 4.29. The molecule has 1 unspecified atom stereocenters. The fourth-order valence-electron chi connectivity index (χ4n) is 2.43. The van der Waals surface area contributed by atoms with Crippen LogP contribution in [0.25, 0.3) is 0 Å². The summed E-state index contributed by atoms with van der Waals surface area (Å²) in [6.07, 6.45) is 13.2. The van der Waals surface area contributed by atoms with Crippen molar-refractivity contribution in [3.05, 3.63) is 18.2 Å². The molecule has 0 bridgehead atoms. The molecule has 1 atom stereocenters. The number of aromatic nitrogens is 2. The third kappa shape index (κ3) is 3.33. The van der Waals surface area contributed by atoms with E-state index in [4.69, 9.17) is 0 Å². The summed E-state index contributed by atoms with van der Waals surface area (Å²) >= 11 is 3.84. The van der Waals surface area contributed by atoms with Crippen molar-refractivity contribution in [2.24, 2.45) is 5.92 Å². The number of rotatable bonds is 3. The van der Waals surface area contributed by atoms with E-state index < -0.39 is 0 Å². The first-order valence-electron chi connectivity index (χ1n) is 5.98. The van der Waals surface area contributed by atoms with E-state index in [1.54, 1.807) is 0 Å². The van der Waals surface area contributed by atoms with Gasteiger partial charge in [0.05, 0.1) is 0 Å². The molecule has 15 heavy (non-hydrogen) atoms. The zero-order valence-corrected chi connectivity index (χ0v) is 10.7. The maximum atomic E-state index is 4.29. The first-order valence-corrected chi connectivity index (χ1v) is 6.90. The summed E-state index contributed by atoms with van der Waals surface area (Å²) in [6, 6.07) is 0. The van der Waals surface area contributed by atoms with Crippen molar-refractivity contribution in [1.82, 2.24) is 9.97 Å². The fraction of sp³-hybridized carbons (Fsp3) is 0.750. The van der Waals surface area contributed by atoms with Crippen molar-refractivity contribution >= 4 is 15.9 Å². The predicted octanol–water partition coefficient (Wildman–Crippen LogP) is 3.69. The first-order chi connectivity index (χ1) is 7.36. The Morgan fingerprint density at radius 3 is 2.67 bits per heavy atom. The van der Waals surface area contributed by atoms with Gasteiger partial charge in [-0.1, -0.05) is 41.6 Å². The highest BCUT2D eigenvalue weighted by atomic mass is 79.9. The summed E-state index contributed by atoms with van der Waals surface area (Å²) < 4.78 is 0. The number of nitrogens with zero attached hydrogens (tertiary/aromatic N) is 1. The van der Waals surface area contributed by atoms with Gasteiger partial charge < -0.3 is 4.98 Å². The molecule has 0 spiro atoms.